The van der Waals surface area contributed by atoms with Gasteiger partial charge in [-0.3, -0.25) is 19.4 Å². The summed E-state index contributed by atoms with van der Waals surface area (Å²) in [5.41, 5.74) is 2.92. The van der Waals surface area contributed by atoms with Crippen LogP contribution in [0.4, 0.5) is 0 Å². The van der Waals surface area contributed by atoms with Gasteiger partial charge < -0.3 is 5.32 Å². The minimum atomic E-state index is 0.121. The Bertz CT molecular complexity index is 838. The normalized spacial score (nSPS) is 20.0. The standard InChI is InChI=1S/C19H21N5OS/c25-19(9-14-5-8-26-13-14)23-16-1-3-17(4-2-16)24-12-15(10-22-24)18-11-20-6-7-21-18/h5-8,10-13,16-17H,1-4,9H2,(H,23,25). The SMILES string of the molecule is O=C(Cc1ccsc1)NC1CCC(n2cc(-c3cnccn3)cn2)CC1. The lowest BCUT2D eigenvalue weighted by atomic mass is 9.91. The number of carbonyl (C=O) groups is 1. The van der Waals surface area contributed by atoms with E-state index in [-0.39, 0.29) is 11.9 Å². The zero-order valence-corrected chi connectivity index (χ0v) is 15.2. The molecule has 3 aromatic heterocycles. The van der Waals surface area contributed by atoms with Gasteiger partial charge in [-0.25, -0.2) is 0 Å². The van der Waals surface area contributed by atoms with Gasteiger partial charge in [0.05, 0.1) is 30.6 Å². The Kier molecular flexibility index (Phi) is 5.06. The van der Waals surface area contributed by atoms with E-state index in [1.165, 1.54) is 0 Å². The molecule has 1 aliphatic carbocycles. The molecule has 0 radical (unpaired) electrons. The van der Waals surface area contributed by atoms with Crippen LogP contribution in [0.15, 0.2) is 47.8 Å². The number of nitrogens with one attached hydrogen (secondary N) is 1. The first-order chi connectivity index (χ1) is 12.8. The maximum atomic E-state index is 12.2. The van der Waals surface area contributed by atoms with Gasteiger partial charge >= 0.3 is 0 Å². The Morgan fingerprint density at radius 2 is 2.12 bits per heavy atom. The van der Waals surface area contributed by atoms with Gasteiger partial charge in [-0.15, -0.1) is 0 Å². The summed E-state index contributed by atoms with van der Waals surface area (Å²) < 4.78 is 2.04. The van der Waals surface area contributed by atoms with Crippen molar-refractivity contribution in [3.05, 3.63) is 53.4 Å². The minimum absolute atomic E-state index is 0.121. The van der Waals surface area contributed by atoms with Crippen molar-refractivity contribution in [1.29, 1.82) is 0 Å². The van der Waals surface area contributed by atoms with Crippen LogP contribution in [0.25, 0.3) is 11.3 Å². The molecule has 3 aromatic rings. The van der Waals surface area contributed by atoms with Gasteiger partial charge in [0, 0.05) is 30.2 Å². The van der Waals surface area contributed by atoms with Crippen molar-refractivity contribution in [1.82, 2.24) is 25.1 Å². The molecule has 0 atom stereocenters. The van der Waals surface area contributed by atoms with Gasteiger partial charge in [-0.2, -0.15) is 16.4 Å². The summed E-state index contributed by atoms with van der Waals surface area (Å²) in [6, 6.07) is 2.66. The van der Waals surface area contributed by atoms with Crippen molar-refractivity contribution in [3.8, 4) is 11.3 Å². The number of nitrogens with zero attached hydrogens (tertiary/aromatic N) is 4. The summed E-state index contributed by atoms with van der Waals surface area (Å²) in [5, 5.41) is 11.7. The van der Waals surface area contributed by atoms with Crippen LogP contribution in [0, 0.1) is 0 Å². The fraction of sp³-hybridized carbons (Fsp3) is 0.368. The molecule has 0 aromatic carbocycles. The smallest absolute Gasteiger partial charge is 0.224 e. The Labute approximate surface area is 156 Å². The predicted molar refractivity (Wildman–Crippen MR) is 101 cm³/mol. The number of amides is 1. The lowest BCUT2D eigenvalue weighted by Crippen LogP contribution is -2.38. The lowest BCUT2D eigenvalue weighted by molar-refractivity contribution is -0.121. The third-order valence-corrected chi connectivity index (χ3v) is 5.57. The fourth-order valence-corrected chi connectivity index (χ4v) is 4.13. The molecule has 0 aliphatic heterocycles. The van der Waals surface area contributed by atoms with E-state index < -0.39 is 0 Å². The van der Waals surface area contributed by atoms with Crippen LogP contribution in [-0.4, -0.2) is 31.7 Å². The van der Waals surface area contributed by atoms with Gasteiger partial charge in [-0.05, 0) is 48.1 Å². The largest absolute Gasteiger partial charge is 0.353 e. The zero-order chi connectivity index (χ0) is 17.8. The molecule has 0 saturated heterocycles. The maximum absolute atomic E-state index is 12.2. The molecule has 6 nitrogen and oxygen atoms in total. The first kappa shape index (κ1) is 16.9. The number of carbonyl (C=O) groups excluding carboxylic acids is 1. The predicted octanol–water partition coefficient (Wildman–Crippen LogP) is 3.24. The Hall–Kier alpha value is -2.54. The molecular weight excluding hydrogens is 346 g/mol. The van der Waals surface area contributed by atoms with Crippen LogP contribution in [0.1, 0.15) is 37.3 Å². The number of aromatic nitrogens is 4. The minimum Gasteiger partial charge on any atom is -0.353 e. The van der Waals surface area contributed by atoms with Gasteiger partial charge in [0.2, 0.25) is 5.91 Å². The molecule has 1 fully saturated rings. The average molecular weight is 367 g/mol. The second kappa shape index (κ2) is 7.78. The van der Waals surface area contributed by atoms with Crippen molar-refractivity contribution >= 4 is 17.2 Å². The Morgan fingerprint density at radius 3 is 2.85 bits per heavy atom. The summed E-state index contributed by atoms with van der Waals surface area (Å²) in [4.78, 5) is 20.6. The molecule has 0 unspecified atom stereocenters. The molecule has 4 rings (SSSR count). The summed E-state index contributed by atoms with van der Waals surface area (Å²) in [6.07, 6.45) is 13.5. The number of rotatable bonds is 5. The number of hydrogen-bond acceptors (Lipinski definition) is 5. The highest BCUT2D eigenvalue weighted by molar-refractivity contribution is 7.08. The van der Waals surface area contributed by atoms with Crippen molar-refractivity contribution in [3.63, 3.8) is 0 Å². The van der Waals surface area contributed by atoms with E-state index in [0.29, 0.717) is 12.5 Å². The Morgan fingerprint density at radius 1 is 1.23 bits per heavy atom. The fourth-order valence-electron chi connectivity index (χ4n) is 3.46. The van der Waals surface area contributed by atoms with Gasteiger partial charge in [-0.1, -0.05) is 0 Å². The van der Waals surface area contributed by atoms with Crippen LogP contribution in [-0.2, 0) is 11.2 Å². The molecule has 1 amide bonds. The van der Waals surface area contributed by atoms with E-state index in [0.717, 1.165) is 42.5 Å². The highest BCUT2D eigenvalue weighted by Gasteiger charge is 2.24. The Balaban J connectivity index is 1.30. The second-order valence-electron chi connectivity index (χ2n) is 6.68. The lowest BCUT2D eigenvalue weighted by Gasteiger charge is -2.29. The van der Waals surface area contributed by atoms with E-state index in [1.807, 2.05) is 33.9 Å². The first-order valence-electron chi connectivity index (χ1n) is 8.89. The van der Waals surface area contributed by atoms with Crippen LogP contribution in [0.2, 0.25) is 0 Å². The molecule has 3 heterocycles. The summed E-state index contributed by atoms with van der Waals surface area (Å²) >= 11 is 1.63. The second-order valence-corrected chi connectivity index (χ2v) is 7.46. The van der Waals surface area contributed by atoms with Gasteiger partial charge in [0.15, 0.2) is 0 Å². The topological polar surface area (TPSA) is 72.7 Å². The average Bonchev–Trinajstić information content (AvgIpc) is 3.35. The summed E-state index contributed by atoms with van der Waals surface area (Å²) in [5.74, 6) is 0.121. The van der Waals surface area contributed by atoms with E-state index in [4.69, 9.17) is 0 Å². The molecule has 1 saturated carbocycles. The maximum Gasteiger partial charge on any atom is 0.224 e. The van der Waals surface area contributed by atoms with Gasteiger partial charge in [0.1, 0.15) is 0 Å². The third kappa shape index (κ3) is 3.99. The molecule has 7 heteroatoms. The highest BCUT2D eigenvalue weighted by atomic mass is 32.1. The molecule has 26 heavy (non-hydrogen) atoms. The van der Waals surface area contributed by atoms with Crippen LogP contribution in [0.3, 0.4) is 0 Å². The van der Waals surface area contributed by atoms with E-state index in [1.54, 1.807) is 29.9 Å². The molecule has 1 aliphatic rings. The summed E-state index contributed by atoms with van der Waals surface area (Å²) in [6.45, 7) is 0. The van der Waals surface area contributed by atoms with E-state index in [2.05, 4.69) is 20.4 Å². The van der Waals surface area contributed by atoms with Crippen molar-refractivity contribution < 1.29 is 4.79 Å². The third-order valence-electron chi connectivity index (χ3n) is 4.84. The quantitative estimate of drug-likeness (QED) is 0.751. The van der Waals surface area contributed by atoms with Crippen LogP contribution >= 0.6 is 11.3 Å². The molecule has 0 spiro atoms. The molecular formula is C19H21N5OS. The number of thiophene rings is 1. The highest BCUT2D eigenvalue weighted by Crippen LogP contribution is 2.29. The van der Waals surface area contributed by atoms with Crippen molar-refractivity contribution in [2.24, 2.45) is 0 Å². The van der Waals surface area contributed by atoms with E-state index >= 15 is 0 Å². The van der Waals surface area contributed by atoms with E-state index in [9.17, 15) is 4.79 Å². The van der Waals surface area contributed by atoms with Crippen molar-refractivity contribution in [2.45, 2.75) is 44.2 Å². The molecule has 1 N–H and O–H groups in total. The monoisotopic (exact) mass is 367 g/mol. The van der Waals surface area contributed by atoms with Crippen molar-refractivity contribution in [2.75, 3.05) is 0 Å². The van der Waals surface area contributed by atoms with Crippen LogP contribution < -0.4 is 5.32 Å². The summed E-state index contributed by atoms with van der Waals surface area (Å²) in [7, 11) is 0. The molecule has 0 bridgehead atoms. The zero-order valence-electron chi connectivity index (χ0n) is 14.4. The van der Waals surface area contributed by atoms with Crippen LogP contribution in [0.5, 0.6) is 0 Å². The number of hydrogen-bond donors (Lipinski definition) is 1. The first-order valence-corrected chi connectivity index (χ1v) is 9.83. The van der Waals surface area contributed by atoms with Gasteiger partial charge in [0.25, 0.3) is 0 Å². The molecule has 134 valence electrons.